The highest BCUT2D eigenvalue weighted by Gasteiger charge is 2.47. The molecule has 0 aromatic heterocycles. The minimum absolute atomic E-state index is 0.0851. The van der Waals surface area contributed by atoms with Crippen LogP contribution in [0.15, 0.2) is 18.2 Å². The summed E-state index contributed by atoms with van der Waals surface area (Å²) >= 11 is 0. The minimum Gasteiger partial charge on any atom is -0.480 e. The Hall–Kier alpha value is -1.98. The van der Waals surface area contributed by atoms with Gasteiger partial charge in [0.1, 0.15) is 17.7 Å². The number of aliphatic carboxylic acids is 1. The Bertz CT molecular complexity index is 571. The van der Waals surface area contributed by atoms with Crippen LogP contribution in [0.2, 0.25) is 0 Å². The summed E-state index contributed by atoms with van der Waals surface area (Å²) in [6, 6.07) is 2.61. The summed E-state index contributed by atoms with van der Waals surface area (Å²) in [6.07, 6.45) is 0.934. The van der Waals surface area contributed by atoms with Crippen molar-refractivity contribution in [1.29, 1.82) is 0 Å². The number of carboxylic acid groups (broad SMARTS) is 1. The third kappa shape index (κ3) is 3.26. The van der Waals surface area contributed by atoms with Crippen molar-refractivity contribution < 1.29 is 23.5 Å². The van der Waals surface area contributed by atoms with Crippen LogP contribution in [0.4, 0.5) is 8.78 Å². The Labute approximate surface area is 127 Å². The van der Waals surface area contributed by atoms with Crippen molar-refractivity contribution in [2.45, 2.75) is 38.6 Å². The van der Waals surface area contributed by atoms with Crippen molar-refractivity contribution in [3.63, 3.8) is 0 Å². The van der Waals surface area contributed by atoms with Gasteiger partial charge < -0.3 is 10.4 Å². The van der Waals surface area contributed by atoms with Gasteiger partial charge in [-0.1, -0.05) is 26.3 Å². The van der Waals surface area contributed by atoms with Crippen LogP contribution in [-0.2, 0) is 9.59 Å². The molecule has 0 aliphatic heterocycles. The Morgan fingerprint density at radius 1 is 1.36 bits per heavy atom. The molecule has 4 unspecified atom stereocenters. The quantitative estimate of drug-likeness (QED) is 0.849. The fourth-order valence-corrected chi connectivity index (χ4v) is 2.61. The topological polar surface area (TPSA) is 66.4 Å². The van der Waals surface area contributed by atoms with E-state index in [1.165, 1.54) is 6.07 Å². The fraction of sp³-hybridized carbons (Fsp3) is 0.500. The highest BCUT2D eigenvalue weighted by molar-refractivity contribution is 5.87. The van der Waals surface area contributed by atoms with Crippen molar-refractivity contribution in [3.05, 3.63) is 35.4 Å². The molecule has 1 aromatic carbocycles. The number of carbonyl (C=O) groups is 2. The first-order chi connectivity index (χ1) is 10.4. The molecule has 2 N–H and O–H groups in total. The molecule has 0 bridgehead atoms. The van der Waals surface area contributed by atoms with Gasteiger partial charge in [-0.05, 0) is 24.5 Å². The summed E-state index contributed by atoms with van der Waals surface area (Å²) in [7, 11) is 0. The number of nitrogens with one attached hydrogen (secondary N) is 1. The van der Waals surface area contributed by atoms with Crippen LogP contribution < -0.4 is 5.32 Å². The zero-order chi connectivity index (χ0) is 16.4. The summed E-state index contributed by atoms with van der Waals surface area (Å²) < 4.78 is 27.4. The number of hydrogen-bond donors (Lipinski definition) is 2. The first kappa shape index (κ1) is 16.4. The van der Waals surface area contributed by atoms with E-state index in [4.69, 9.17) is 5.11 Å². The van der Waals surface area contributed by atoms with Crippen LogP contribution in [0.5, 0.6) is 0 Å². The summed E-state index contributed by atoms with van der Waals surface area (Å²) in [4.78, 5) is 23.3. The van der Waals surface area contributed by atoms with Crippen molar-refractivity contribution in [1.82, 2.24) is 5.32 Å². The lowest BCUT2D eigenvalue weighted by molar-refractivity contribution is -0.143. The van der Waals surface area contributed by atoms with E-state index < -0.39 is 41.4 Å². The molecule has 1 amide bonds. The molecule has 1 aliphatic rings. The molecule has 4 nitrogen and oxygen atoms in total. The summed E-state index contributed by atoms with van der Waals surface area (Å²) in [5, 5.41) is 11.6. The van der Waals surface area contributed by atoms with Crippen LogP contribution in [-0.4, -0.2) is 23.0 Å². The summed E-state index contributed by atoms with van der Waals surface area (Å²) in [5.41, 5.74) is -0.0851. The Morgan fingerprint density at radius 3 is 2.45 bits per heavy atom. The van der Waals surface area contributed by atoms with Gasteiger partial charge in [0.05, 0.1) is 0 Å². The van der Waals surface area contributed by atoms with Crippen molar-refractivity contribution in [3.8, 4) is 0 Å². The lowest BCUT2D eigenvalue weighted by Gasteiger charge is -2.20. The standard InChI is InChI=1S/C16H19F2NO3/c1-3-8(2)14(16(21)22)19-15(20)10-7-9(10)13-11(17)5-4-6-12(13)18/h4-6,8-10,14H,3,7H2,1-2H3,(H,19,20)(H,21,22). The molecular formula is C16H19F2NO3. The first-order valence-corrected chi connectivity index (χ1v) is 7.33. The number of carbonyl (C=O) groups excluding carboxylic acids is 1. The zero-order valence-electron chi connectivity index (χ0n) is 12.5. The van der Waals surface area contributed by atoms with E-state index in [0.717, 1.165) is 12.1 Å². The van der Waals surface area contributed by atoms with Gasteiger partial charge in [0, 0.05) is 17.4 Å². The fourth-order valence-electron chi connectivity index (χ4n) is 2.61. The molecule has 0 spiro atoms. The number of halogens is 2. The second-order valence-corrected chi connectivity index (χ2v) is 5.79. The van der Waals surface area contributed by atoms with Crippen LogP contribution in [0, 0.1) is 23.5 Å². The maximum atomic E-state index is 13.7. The van der Waals surface area contributed by atoms with E-state index in [0.29, 0.717) is 12.8 Å². The minimum atomic E-state index is -1.10. The Morgan fingerprint density at radius 2 is 1.95 bits per heavy atom. The van der Waals surface area contributed by atoms with Gasteiger partial charge in [0.25, 0.3) is 0 Å². The SMILES string of the molecule is CCC(C)C(NC(=O)C1CC1c1c(F)cccc1F)C(=O)O. The molecular weight excluding hydrogens is 292 g/mol. The summed E-state index contributed by atoms with van der Waals surface area (Å²) in [6.45, 7) is 3.57. The predicted octanol–water partition coefficient (Wildman–Crippen LogP) is 2.68. The molecule has 22 heavy (non-hydrogen) atoms. The second kappa shape index (κ2) is 6.42. The van der Waals surface area contributed by atoms with Gasteiger partial charge in [-0.15, -0.1) is 0 Å². The first-order valence-electron chi connectivity index (χ1n) is 7.33. The maximum Gasteiger partial charge on any atom is 0.326 e. The highest BCUT2D eigenvalue weighted by atomic mass is 19.1. The molecule has 6 heteroatoms. The average molecular weight is 311 g/mol. The monoisotopic (exact) mass is 311 g/mol. The predicted molar refractivity (Wildman–Crippen MR) is 76.2 cm³/mol. The van der Waals surface area contributed by atoms with E-state index >= 15 is 0 Å². The van der Waals surface area contributed by atoms with Gasteiger partial charge in [-0.25, -0.2) is 13.6 Å². The smallest absolute Gasteiger partial charge is 0.326 e. The lowest BCUT2D eigenvalue weighted by Crippen LogP contribution is -2.45. The van der Waals surface area contributed by atoms with Gasteiger partial charge in [0.15, 0.2) is 0 Å². The van der Waals surface area contributed by atoms with Crippen LogP contribution in [0.1, 0.15) is 38.2 Å². The largest absolute Gasteiger partial charge is 0.480 e. The molecule has 1 aromatic rings. The second-order valence-electron chi connectivity index (χ2n) is 5.79. The molecule has 120 valence electrons. The van der Waals surface area contributed by atoms with E-state index in [-0.39, 0.29) is 11.5 Å². The van der Waals surface area contributed by atoms with Crippen LogP contribution in [0.25, 0.3) is 0 Å². The third-order valence-corrected chi connectivity index (χ3v) is 4.27. The van der Waals surface area contributed by atoms with E-state index in [9.17, 15) is 18.4 Å². The maximum absolute atomic E-state index is 13.7. The zero-order valence-corrected chi connectivity index (χ0v) is 12.5. The third-order valence-electron chi connectivity index (χ3n) is 4.27. The molecule has 4 atom stereocenters. The van der Waals surface area contributed by atoms with Crippen LogP contribution >= 0.6 is 0 Å². The van der Waals surface area contributed by atoms with Crippen LogP contribution in [0.3, 0.4) is 0 Å². The molecule has 2 rings (SSSR count). The Balaban J connectivity index is 2.06. The number of amides is 1. The molecule has 1 aliphatic carbocycles. The molecule has 1 fully saturated rings. The van der Waals surface area contributed by atoms with Crippen molar-refractivity contribution >= 4 is 11.9 Å². The van der Waals surface area contributed by atoms with Crippen molar-refractivity contribution in [2.75, 3.05) is 0 Å². The Kier molecular flexibility index (Phi) is 4.78. The number of rotatable bonds is 6. The number of benzene rings is 1. The van der Waals surface area contributed by atoms with Gasteiger partial charge in [0.2, 0.25) is 5.91 Å². The van der Waals surface area contributed by atoms with Gasteiger partial charge in [-0.3, -0.25) is 4.79 Å². The van der Waals surface area contributed by atoms with E-state index in [1.807, 2.05) is 6.92 Å². The molecule has 0 saturated heterocycles. The van der Waals surface area contributed by atoms with Gasteiger partial charge in [-0.2, -0.15) is 0 Å². The molecule has 0 radical (unpaired) electrons. The average Bonchev–Trinajstić information content (AvgIpc) is 3.23. The van der Waals surface area contributed by atoms with Crippen molar-refractivity contribution in [2.24, 2.45) is 11.8 Å². The number of hydrogen-bond acceptors (Lipinski definition) is 2. The highest BCUT2D eigenvalue weighted by Crippen LogP contribution is 2.49. The van der Waals surface area contributed by atoms with E-state index in [1.54, 1.807) is 6.92 Å². The lowest BCUT2D eigenvalue weighted by atomic mass is 9.99. The molecule has 0 heterocycles. The number of carboxylic acids is 1. The van der Waals surface area contributed by atoms with E-state index in [2.05, 4.69) is 5.32 Å². The van der Waals surface area contributed by atoms with Gasteiger partial charge >= 0.3 is 5.97 Å². The molecule has 1 saturated carbocycles. The normalized spacial score (nSPS) is 22.7. The summed E-state index contributed by atoms with van der Waals surface area (Å²) in [5.74, 6) is -4.21.